The SMILES string of the molecule is O=C(NCCn1ccnc1-c1ccccn1)c1ccc(F)cc1Cl. The van der Waals surface area contributed by atoms with Crippen molar-refractivity contribution in [2.45, 2.75) is 6.54 Å². The molecule has 0 aliphatic heterocycles. The normalized spacial score (nSPS) is 10.6. The number of aromatic nitrogens is 3. The lowest BCUT2D eigenvalue weighted by molar-refractivity contribution is 0.0952. The molecule has 1 aromatic carbocycles. The van der Waals surface area contributed by atoms with Crippen molar-refractivity contribution >= 4 is 17.5 Å². The summed E-state index contributed by atoms with van der Waals surface area (Å²) in [5.41, 5.74) is 1.00. The van der Waals surface area contributed by atoms with Crippen molar-refractivity contribution < 1.29 is 9.18 Å². The highest BCUT2D eigenvalue weighted by molar-refractivity contribution is 6.33. The number of carbonyl (C=O) groups excluding carboxylic acids is 1. The van der Waals surface area contributed by atoms with E-state index in [-0.39, 0.29) is 16.5 Å². The van der Waals surface area contributed by atoms with Gasteiger partial charge < -0.3 is 9.88 Å². The number of hydrogen-bond donors (Lipinski definition) is 1. The minimum absolute atomic E-state index is 0.0873. The first kappa shape index (κ1) is 16.1. The van der Waals surface area contributed by atoms with Gasteiger partial charge in [0.2, 0.25) is 0 Å². The van der Waals surface area contributed by atoms with E-state index in [9.17, 15) is 9.18 Å². The minimum Gasteiger partial charge on any atom is -0.350 e. The Kier molecular flexibility index (Phi) is 4.86. The highest BCUT2D eigenvalue weighted by Gasteiger charge is 2.11. The first-order chi connectivity index (χ1) is 11.6. The number of nitrogens with zero attached hydrogens (tertiary/aromatic N) is 3. The molecule has 0 saturated heterocycles. The Morgan fingerprint density at radius 3 is 2.83 bits per heavy atom. The van der Waals surface area contributed by atoms with Gasteiger partial charge in [0.05, 0.1) is 10.6 Å². The minimum atomic E-state index is -0.477. The number of nitrogens with one attached hydrogen (secondary N) is 1. The van der Waals surface area contributed by atoms with Gasteiger partial charge in [-0.1, -0.05) is 17.7 Å². The molecule has 0 radical (unpaired) electrons. The zero-order valence-corrected chi connectivity index (χ0v) is 13.4. The number of amides is 1. The van der Waals surface area contributed by atoms with E-state index in [2.05, 4.69) is 15.3 Å². The third kappa shape index (κ3) is 3.60. The highest BCUT2D eigenvalue weighted by Crippen LogP contribution is 2.17. The molecule has 0 bridgehead atoms. The van der Waals surface area contributed by atoms with Crippen LogP contribution >= 0.6 is 11.6 Å². The van der Waals surface area contributed by atoms with Gasteiger partial charge in [-0.25, -0.2) is 9.37 Å². The summed E-state index contributed by atoms with van der Waals surface area (Å²) in [4.78, 5) is 20.7. The molecule has 0 fully saturated rings. The number of benzene rings is 1. The van der Waals surface area contributed by atoms with Crippen LogP contribution in [0.1, 0.15) is 10.4 Å². The van der Waals surface area contributed by atoms with Crippen molar-refractivity contribution in [3.8, 4) is 11.5 Å². The van der Waals surface area contributed by atoms with Gasteiger partial charge in [0.1, 0.15) is 11.5 Å². The van der Waals surface area contributed by atoms with Crippen molar-refractivity contribution in [1.29, 1.82) is 0 Å². The van der Waals surface area contributed by atoms with Crippen molar-refractivity contribution in [3.63, 3.8) is 0 Å². The Labute approximate surface area is 143 Å². The molecule has 0 aliphatic rings. The van der Waals surface area contributed by atoms with Gasteiger partial charge in [0, 0.05) is 31.7 Å². The molecule has 0 aliphatic carbocycles. The smallest absolute Gasteiger partial charge is 0.252 e. The van der Waals surface area contributed by atoms with E-state index >= 15 is 0 Å². The van der Waals surface area contributed by atoms with Gasteiger partial charge >= 0.3 is 0 Å². The summed E-state index contributed by atoms with van der Waals surface area (Å²) in [5, 5.41) is 2.85. The summed E-state index contributed by atoms with van der Waals surface area (Å²) >= 11 is 5.88. The second-order valence-electron chi connectivity index (χ2n) is 5.04. The highest BCUT2D eigenvalue weighted by atomic mass is 35.5. The molecule has 0 saturated carbocycles. The molecular weight excluding hydrogens is 331 g/mol. The molecule has 1 N–H and O–H groups in total. The van der Waals surface area contributed by atoms with Crippen LogP contribution < -0.4 is 5.32 Å². The molecule has 3 rings (SSSR count). The zero-order valence-electron chi connectivity index (χ0n) is 12.6. The third-order valence-corrected chi connectivity index (χ3v) is 3.74. The van der Waals surface area contributed by atoms with Gasteiger partial charge in [0.15, 0.2) is 5.82 Å². The summed E-state index contributed by atoms with van der Waals surface area (Å²) in [5.74, 6) is -0.0980. The first-order valence-electron chi connectivity index (χ1n) is 7.31. The van der Waals surface area contributed by atoms with Crippen LogP contribution in [0.5, 0.6) is 0 Å². The Morgan fingerprint density at radius 1 is 1.21 bits per heavy atom. The molecular formula is C17H14ClFN4O. The zero-order chi connectivity index (χ0) is 16.9. The van der Waals surface area contributed by atoms with Crippen LogP contribution in [0.3, 0.4) is 0 Å². The standard InChI is InChI=1S/C17H14ClFN4O/c18-14-11-12(19)4-5-13(14)17(24)22-8-10-23-9-7-21-16(23)15-3-1-2-6-20-15/h1-7,9,11H,8,10H2,(H,22,24). The maximum atomic E-state index is 13.0. The molecule has 5 nitrogen and oxygen atoms in total. The Balaban J connectivity index is 1.63. The summed E-state index contributed by atoms with van der Waals surface area (Å²) in [6.07, 6.45) is 5.20. The summed E-state index contributed by atoms with van der Waals surface area (Å²) < 4.78 is 14.9. The fraction of sp³-hybridized carbons (Fsp3) is 0.118. The van der Waals surface area contributed by atoms with Crippen LogP contribution in [0, 0.1) is 5.82 Å². The fourth-order valence-electron chi connectivity index (χ4n) is 2.28. The lowest BCUT2D eigenvalue weighted by Crippen LogP contribution is -2.27. The van der Waals surface area contributed by atoms with Crippen molar-refractivity contribution in [2.75, 3.05) is 6.54 Å². The van der Waals surface area contributed by atoms with Crippen LogP contribution in [0.2, 0.25) is 5.02 Å². The monoisotopic (exact) mass is 344 g/mol. The van der Waals surface area contributed by atoms with Crippen molar-refractivity contribution in [3.05, 3.63) is 71.4 Å². The lowest BCUT2D eigenvalue weighted by Gasteiger charge is -2.09. The van der Waals surface area contributed by atoms with E-state index in [1.54, 1.807) is 12.4 Å². The maximum absolute atomic E-state index is 13.0. The number of imidazole rings is 1. The van der Waals surface area contributed by atoms with Gasteiger partial charge in [-0.05, 0) is 30.3 Å². The van der Waals surface area contributed by atoms with E-state index in [1.165, 1.54) is 12.1 Å². The van der Waals surface area contributed by atoms with Gasteiger partial charge in [-0.2, -0.15) is 0 Å². The second kappa shape index (κ2) is 7.23. The molecule has 3 aromatic rings. The molecule has 2 heterocycles. The van der Waals surface area contributed by atoms with Crippen LogP contribution in [-0.4, -0.2) is 27.0 Å². The van der Waals surface area contributed by atoms with E-state index in [0.717, 1.165) is 17.6 Å². The van der Waals surface area contributed by atoms with Crippen LogP contribution in [-0.2, 0) is 6.54 Å². The Morgan fingerprint density at radius 2 is 2.08 bits per heavy atom. The largest absolute Gasteiger partial charge is 0.350 e. The lowest BCUT2D eigenvalue weighted by atomic mass is 10.2. The summed E-state index contributed by atoms with van der Waals surface area (Å²) in [6.45, 7) is 0.902. The molecule has 122 valence electrons. The van der Waals surface area contributed by atoms with Crippen LogP contribution in [0.4, 0.5) is 4.39 Å². The second-order valence-corrected chi connectivity index (χ2v) is 5.45. The van der Waals surface area contributed by atoms with E-state index in [4.69, 9.17) is 11.6 Å². The predicted molar refractivity (Wildman–Crippen MR) is 89.2 cm³/mol. The molecule has 2 aromatic heterocycles. The molecule has 0 atom stereocenters. The molecule has 0 unspecified atom stereocenters. The van der Waals surface area contributed by atoms with E-state index < -0.39 is 5.82 Å². The third-order valence-electron chi connectivity index (χ3n) is 3.42. The van der Waals surface area contributed by atoms with E-state index in [0.29, 0.717) is 13.1 Å². The number of carbonyl (C=O) groups is 1. The summed E-state index contributed by atoms with van der Waals surface area (Å²) in [7, 11) is 0. The van der Waals surface area contributed by atoms with Crippen LogP contribution in [0.25, 0.3) is 11.5 Å². The number of rotatable bonds is 5. The summed E-state index contributed by atoms with van der Waals surface area (Å²) in [6, 6.07) is 9.28. The molecule has 1 amide bonds. The Bertz CT molecular complexity index is 851. The van der Waals surface area contributed by atoms with Gasteiger partial charge in [-0.3, -0.25) is 9.78 Å². The predicted octanol–water partition coefficient (Wildman–Crippen LogP) is 3.17. The fourth-order valence-corrected chi connectivity index (χ4v) is 2.53. The molecule has 24 heavy (non-hydrogen) atoms. The first-order valence-corrected chi connectivity index (χ1v) is 7.69. The molecule has 7 heteroatoms. The van der Waals surface area contributed by atoms with Crippen molar-refractivity contribution in [1.82, 2.24) is 19.9 Å². The average Bonchev–Trinajstić information content (AvgIpc) is 3.04. The van der Waals surface area contributed by atoms with Crippen LogP contribution in [0.15, 0.2) is 55.0 Å². The van der Waals surface area contributed by atoms with Crippen molar-refractivity contribution in [2.24, 2.45) is 0 Å². The average molecular weight is 345 g/mol. The molecule has 0 spiro atoms. The number of hydrogen-bond acceptors (Lipinski definition) is 3. The van der Waals surface area contributed by atoms with Gasteiger partial charge in [-0.15, -0.1) is 0 Å². The number of pyridine rings is 1. The van der Waals surface area contributed by atoms with E-state index in [1.807, 2.05) is 29.0 Å². The maximum Gasteiger partial charge on any atom is 0.252 e. The quantitative estimate of drug-likeness (QED) is 0.773. The Hall–Kier alpha value is -2.73. The van der Waals surface area contributed by atoms with Gasteiger partial charge in [0.25, 0.3) is 5.91 Å². The number of halogens is 2. The topological polar surface area (TPSA) is 59.8 Å².